The Balaban J connectivity index is 2.64. The van der Waals surface area contributed by atoms with Crippen LogP contribution in [-0.4, -0.2) is 26.8 Å². The molecule has 94 valence electrons. The van der Waals surface area contributed by atoms with E-state index in [1.165, 1.54) is 17.9 Å². The summed E-state index contributed by atoms with van der Waals surface area (Å²) in [4.78, 5) is 14.4. The molecule has 0 fully saturated rings. The Morgan fingerprint density at radius 1 is 1.50 bits per heavy atom. The number of nitro benzene ring substituents is 1. The van der Waals surface area contributed by atoms with Crippen LogP contribution in [0.2, 0.25) is 0 Å². The van der Waals surface area contributed by atoms with Gasteiger partial charge in [-0.05, 0) is 6.07 Å². The average Bonchev–Trinajstić information content (AvgIpc) is 2.68. The second-order valence-corrected chi connectivity index (χ2v) is 3.53. The molecule has 8 nitrogen and oxygen atoms in total. The molecule has 2 aromatic rings. The maximum atomic E-state index is 10.9. The quantitative estimate of drug-likeness (QED) is 0.641. The molecule has 0 radical (unpaired) electrons. The van der Waals surface area contributed by atoms with Crippen molar-refractivity contribution in [1.29, 1.82) is 0 Å². The second-order valence-electron chi connectivity index (χ2n) is 3.53. The van der Waals surface area contributed by atoms with Gasteiger partial charge in [0.1, 0.15) is 0 Å². The van der Waals surface area contributed by atoms with Crippen LogP contribution in [0.3, 0.4) is 0 Å². The van der Waals surface area contributed by atoms with Gasteiger partial charge in [0.05, 0.1) is 17.6 Å². The average molecular weight is 249 g/mol. The van der Waals surface area contributed by atoms with E-state index in [1.807, 2.05) is 0 Å². The van der Waals surface area contributed by atoms with Gasteiger partial charge in [-0.25, -0.2) is 4.68 Å². The van der Waals surface area contributed by atoms with Gasteiger partial charge in [0.2, 0.25) is 11.7 Å². The van der Waals surface area contributed by atoms with Crippen molar-refractivity contribution >= 4 is 11.6 Å². The number of aryl methyl sites for hydroxylation is 1. The smallest absolute Gasteiger partial charge is 0.311 e. The molecule has 0 aliphatic heterocycles. The van der Waals surface area contributed by atoms with Crippen LogP contribution in [0.5, 0.6) is 5.75 Å². The Morgan fingerprint density at radius 2 is 2.22 bits per heavy atom. The van der Waals surface area contributed by atoms with Gasteiger partial charge in [-0.2, -0.15) is 4.98 Å². The van der Waals surface area contributed by atoms with Crippen LogP contribution in [0.4, 0.5) is 11.6 Å². The lowest BCUT2D eigenvalue weighted by molar-refractivity contribution is -0.385. The molecule has 8 heteroatoms. The van der Waals surface area contributed by atoms with Crippen molar-refractivity contribution < 1.29 is 9.66 Å². The van der Waals surface area contributed by atoms with Gasteiger partial charge in [0.25, 0.3) is 0 Å². The molecule has 0 saturated carbocycles. The number of nitrogens with zero attached hydrogens (tertiary/aromatic N) is 4. The molecule has 0 bridgehead atoms. The third kappa shape index (κ3) is 1.83. The highest BCUT2D eigenvalue weighted by atomic mass is 16.6. The molecule has 1 aromatic heterocycles. The Labute approximate surface area is 102 Å². The number of nitrogen functional groups attached to an aromatic ring is 1. The Kier molecular flexibility index (Phi) is 2.84. The number of nitrogens with two attached hydrogens (primary N) is 1. The summed E-state index contributed by atoms with van der Waals surface area (Å²) in [5, 5.41) is 15.0. The van der Waals surface area contributed by atoms with Crippen LogP contribution in [0.1, 0.15) is 0 Å². The van der Waals surface area contributed by atoms with Crippen molar-refractivity contribution in [3.8, 4) is 17.1 Å². The third-order valence-electron chi connectivity index (χ3n) is 2.43. The predicted octanol–water partition coefficient (Wildman–Crippen LogP) is 0.981. The standard InChI is InChI=1S/C10H11N5O3/c1-14-10(11)12-9(13-14)6-4-3-5-7(15(16)17)8(6)18-2/h3-5H,1-2H3,(H2,11,12,13). The van der Waals surface area contributed by atoms with Crippen LogP contribution in [0.15, 0.2) is 18.2 Å². The maximum Gasteiger partial charge on any atom is 0.311 e. The van der Waals surface area contributed by atoms with Gasteiger partial charge < -0.3 is 10.5 Å². The molecule has 0 spiro atoms. The monoisotopic (exact) mass is 249 g/mol. The summed E-state index contributed by atoms with van der Waals surface area (Å²) in [6, 6.07) is 4.54. The molecule has 0 atom stereocenters. The van der Waals surface area contributed by atoms with Crippen LogP contribution in [0, 0.1) is 10.1 Å². The molecule has 0 saturated heterocycles. The molecule has 0 amide bonds. The summed E-state index contributed by atoms with van der Waals surface area (Å²) in [7, 11) is 2.99. The number of hydrogen-bond acceptors (Lipinski definition) is 6. The number of para-hydroxylation sites is 1. The number of hydrogen-bond donors (Lipinski definition) is 1. The van der Waals surface area contributed by atoms with Crippen molar-refractivity contribution in [2.45, 2.75) is 0 Å². The van der Waals surface area contributed by atoms with Gasteiger partial charge in [0, 0.05) is 13.1 Å². The molecule has 0 aliphatic rings. The molecule has 18 heavy (non-hydrogen) atoms. The van der Waals surface area contributed by atoms with Gasteiger partial charge in [-0.3, -0.25) is 10.1 Å². The van der Waals surface area contributed by atoms with E-state index in [-0.39, 0.29) is 23.2 Å². The lowest BCUT2D eigenvalue weighted by Gasteiger charge is -2.05. The molecule has 0 aliphatic carbocycles. The molecular weight excluding hydrogens is 238 g/mol. The second kappa shape index (κ2) is 4.32. The topological polar surface area (TPSA) is 109 Å². The number of benzene rings is 1. The summed E-state index contributed by atoms with van der Waals surface area (Å²) in [6.45, 7) is 0. The number of rotatable bonds is 3. The number of methoxy groups -OCH3 is 1. The van der Waals surface area contributed by atoms with Gasteiger partial charge >= 0.3 is 5.69 Å². The highest BCUT2D eigenvalue weighted by Gasteiger charge is 2.21. The van der Waals surface area contributed by atoms with Crippen LogP contribution in [-0.2, 0) is 7.05 Å². The fourth-order valence-electron chi connectivity index (χ4n) is 1.57. The predicted molar refractivity (Wildman–Crippen MR) is 64.1 cm³/mol. The fourth-order valence-corrected chi connectivity index (χ4v) is 1.57. The molecule has 2 N–H and O–H groups in total. The van der Waals surface area contributed by atoms with Crippen molar-refractivity contribution in [3.05, 3.63) is 28.3 Å². The Hall–Kier alpha value is -2.64. The van der Waals surface area contributed by atoms with E-state index in [0.717, 1.165) is 0 Å². The van der Waals surface area contributed by atoms with Crippen molar-refractivity contribution in [3.63, 3.8) is 0 Å². The lowest BCUT2D eigenvalue weighted by Crippen LogP contribution is -1.98. The first-order chi connectivity index (χ1) is 8.54. The zero-order chi connectivity index (χ0) is 13.3. The van der Waals surface area contributed by atoms with Gasteiger partial charge in [-0.1, -0.05) is 6.07 Å². The first kappa shape index (κ1) is 11.8. The number of anilines is 1. The van der Waals surface area contributed by atoms with Crippen LogP contribution >= 0.6 is 0 Å². The first-order valence-electron chi connectivity index (χ1n) is 5.03. The van der Waals surface area contributed by atoms with Gasteiger partial charge in [0.15, 0.2) is 5.82 Å². The van der Waals surface area contributed by atoms with E-state index in [2.05, 4.69) is 10.1 Å². The summed E-state index contributed by atoms with van der Waals surface area (Å²) in [5.74, 6) is 0.627. The number of nitro groups is 1. The normalized spacial score (nSPS) is 10.3. The van der Waals surface area contributed by atoms with E-state index >= 15 is 0 Å². The summed E-state index contributed by atoms with van der Waals surface area (Å²) >= 11 is 0. The van der Waals surface area contributed by atoms with E-state index in [0.29, 0.717) is 5.56 Å². The van der Waals surface area contributed by atoms with E-state index in [9.17, 15) is 10.1 Å². The summed E-state index contributed by atoms with van der Waals surface area (Å²) in [5.41, 5.74) is 5.87. The van der Waals surface area contributed by atoms with E-state index in [1.54, 1.807) is 19.2 Å². The lowest BCUT2D eigenvalue weighted by atomic mass is 10.1. The minimum Gasteiger partial charge on any atom is -0.490 e. The van der Waals surface area contributed by atoms with Crippen molar-refractivity contribution in [2.75, 3.05) is 12.8 Å². The molecule has 1 aromatic carbocycles. The zero-order valence-electron chi connectivity index (χ0n) is 9.82. The fraction of sp³-hybridized carbons (Fsp3) is 0.200. The number of ether oxygens (including phenoxy) is 1. The Morgan fingerprint density at radius 3 is 2.72 bits per heavy atom. The molecule has 2 rings (SSSR count). The van der Waals surface area contributed by atoms with E-state index < -0.39 is 4.92 Å². The minimum atomic E-state index is -0.519. The largest absolute Gasteiger partial charge is 0.490 e. The zero-order valence-corrected chi connectivity index (χ0v) is 9.82. The van der Waals surface area contributed by atoms with Crippen LogP contribution < -0.4 is 10.5 Å². The summed E-state index contributed by atoms with van der Waals surface area (Å²) in [6.07, 6.45) is 0. The minimum absolute atomic E-state index is 0.119. The summed E-state index contributed by atoms with van der Waals surface area (Å²) < 4.78 is 6.45. The molecule has 0 unspecified atom stereocenters. The van der Waals surface area contributed by atoms with Gasteiger partial charge in [-0.15, -0.1) is 5.10 Å². The Bertz CT molecular complexity index is 588. The number of aromatic nitrogens is 3. The molecular formula is C10H11N5O3. The van der Waals surface area contributed by atoms with Crippen molar-refractivity contribution in [1.82, 2.24) is 14.8 Å². The highest BCUT2D eigenvalue weighted by molar-refractivity contribution is 5.71. The molecule has 1 heterocycles. The first-order valence-corrected chi connectivity index (χ1v) is 5.03. The highest BCUT2D eigenvalue weighted by Crippen LogP contribution is 2.36. The third-order valence-corrected chi connectivity index (χ3v) is 2.43. The SMILES string of the molecule is COc1c(-c2nc(N)n(C)n2)cccc1[N+](=O)[O-]. The maximum absolute atomic E-state index is 10.9. The van der Waals surface area contributed by atoms with E-state index in [4.69, 9.17) is 10.5 Å². The van der Waals surface area contributed by atoms with Crippen LogP contribution in [0.25, 0.3) is 11.4 Å². The van der Waals surface area contributed by atoms with Crippen molar-refractivity contribution in [2.24, 2.45) is 7.05 Å².